The summed E-state index contributed by atoms with van der Waals surface area (Å²) >= 11 is 0. The summed E-state index contributed by atoms with van der Waals surface area (Å²) in [6.45, 7) is 40.7. The molecule has 0 fully saturated rings. The fourth-order valence-electron chi connectivity index (χ4n) is 5.86. The molecule has 0 atom stereocenters. The van der Waals surface area contributed by atoms with Crippen molar-refractivity contribution in [2.75, 3.05) is 0 Å². The maximum absolute atomic E-state index is 4.88. The van der Waals surface area contributed by atoms with Crippen LogP contribution < -0.4 is 10.4 Å². The Bertz CT molecular complexity index is 927. The summed E-state index contributed by atoms with van der Waals surface area (Å²) in [6.07, 6.45) is 0.149. The maximum Gasteiger partial charge on any atom is 0.0510 e. The van der Waals surface area contributed by atoms with Crippen molar-refractivity contribution < 1.29 is 31.1 Å². The topological polar surface area (TPSA) is 28.2 Å². The summed E-state index contributed by atoms with van der Waals surface area (Å²) in [5.41, 5.74) is 11.9. The van der Waals surface area contributed by atoms with Crippen molar-refractivity contribution in [3.8, 4) is 0 Å². The molecule has 0 amide bonds. The van der Waals surface area contributed by atoms with Crippen LogP contribution in [0.15, 0.2) is 0 Å². The fraction of sp³-hybridized carbons (Fsp3) is 0.606. The second-order valence-corrected chi connectivity index (χ2v) is 21.6. The monoisotopic (exact) mass is 779 g/mol. The molecule has 222 valence electrons. The Morgan fingerprint density at radius 1 is 0.658 bits per heavy atom. The molecular formula is C33H61N2Si2U-7. The molecule has 0 aliphatic heterocycles. The third-order valence-electron chi connectivity index (χ3n) is 7.86. The van der Waals surface area contributed by atoms with E-state index in [1.54, 1.807) is 10.4 Å². The Morgan fingerprint density at radius 2 is 0.974 bits per heavy atom. The molecular weight excluding hydrogens is 719 g/mol. The van der Waals surface area contributed by atoms with Crippen molar-refractivity contribution in [2.45, 2.75) is 134 Å². The Hall–Kier alpha value is 0.106. The summed E-state index contributed by atoms with van der Waals surface area (Å²) in [6, 6.07) is 1.82. The van der Waals surface area contributed by atoms with Crippen LogP contribution in [0.1, 0.15) is 72.2 Å². The predicted octanol–water partition coefficient (Wildman–Crippen LogP) is 9.27. The molecule has 0 aliphatic rings. The van der Waals surface area contributed by atoms with E-state index in [4.69, 9.17) is 10.6 Å². The zero-order valence-corrected chi connectivity index (χ0v) is 34.7. The Labute approximate surface area is 266 Å². The molecule has 0 saturated heterocycles. The van der Waals surface area contributed by atoms with Crippen molar-refractivity contribution in [2.24, 2.45) is 0 Å². The first-order chi connectivity index (χ1) is 15.7. The van der Waals surface area contributed by atoms with E-state index in [0.29, 0.717) is 12.1 Å². The molecule has 0 aliphatic carbocycles. The maximum atomic E-state index is 4.88. The number of hydrogen-bond donors (Lipinski definition) is 0. The van der Waals surface area contributed by atoms with Crippen LogP contribution in [0.4, 0.5) is 0 Å². The molecule has 2 rings (SSSR count). The SMILES string of the molecule is Cc1c(C)c([Si](C)(C)CC([N-]C(C)C)[N-]C(C)C)[c-](C)c1C.[CH2-][Si](C)(C)c1c(C)c(C)c(C)[c-]1C.[CH3-].[CH3-].[U]. The van der Waals surface area contributed by atoms with Crippen LogP contribution in [0.3, 0.4) is 0 Å². The standard InChI is InChI=1S/C19H35N2Si.C12H20Si.2CH3.U/c1-12(2)20-18(21-13(3)4)11-22(9,10)19-16(7)14(5)15(6)17(19)8;1-8-9(2)11(4)12(10(8)3)13(5,6)7;;;/h12-13,18H,11H2,1-10H3;5H2,1-4,6-7H3;2*1H3;/q-3;-2;2*-1;. The van der Waals surface area contributed by atoms with Gasteiger partial charge in [0.25, 0.3) is 0 Å². The minimum Gasteiger partial charge on any atom is -0.676 e. The first-order valence-electron chi connectivity index (χ1n) is 13.5. The number of nitrogens with zero attached hydrogens (tertiary/aromatic N) is 2. The van der Waals surface area contributed by atoms with Gasteiger partial charge in [-0.3, -0.25) is 0 Å². The van der Waals surface area contributed by atoms with Gasteiger partial charge in [0.05, 0.1) is 8.07 Å². The van der Waals surface area contributed by atoms with Gasteiger partial charge in [-0.05, 0) is 0 Å². The van der Waals surface area contributed by atoms with Crippen molar-refractivity contribution >= 4 is 26.5 Å². The van der Waals surface area contributed by atoms with Crippen molar-refractivity contribution in [1.82, 2.24) is 0 Å². The molecule has 5 heteroatoms. The van der Waals surface area contributed by atoms with Gasteiger partial charge < -0.3 is 32.0 Å². The van der Waals surface area contributed by atoms with Gasteiger partial charge in [-0.25, -0.2) is 11.7 Å². The average Bonchev–Trinajstić information content (AvgIpc) is 2.99. The Balaban J connectivity index is -0.000000663. The molecule has 2 nitrogen and oxygen atoms in total. The van der Waals surface area contributed by atoms with Crippen LogP contribution in [0.2, 0.25) is 32.2 Å². The van der Waals surface area contributed by atoms with Gasteiger partial charge in [0.1, 0.15) is 0 Å². The molecule has 0 aromatic heterocycles. The molecule has 0 saturated carbocycles. The van der Waals surface area contributed by atoms with Crippen molar-refractivity contribution in [3.05, 3.63) is 76.5 Å². The summed E-state index contributed by atoms with van der Waals surface area (Å²) in [4.78, 5) is 0. The Kier molecular flexibility index (Phi) is 18.5. The summed E-state index contributed by atoms with van der Waals surface area (Å²) in [5, 5.41) is 13.0. The number of hydrogen-bond acceptors (Lipinski definition) is 0. The first-order valence-corrected chi connectivity index (χ1v) is 19.9. The minimum absolute atomic E-state index is 0. The van der Waals surface area contributed by atoms with Gasteiger partial charge >= 0.3 is 0 Å². The molecule has 2 aromatic rings. The van der Waals surface area contributed by atoms with Gasteiger partial charge in [0.2, 0.25) is 0 Å². The first kappa shape index (κ1) is 42.6. The quantitative estimate of drug-likeness (QED) is 0.189. The summed E-state index contributed by atoms with van der Waals surface area (Å²) in [7, 11) is -2.95. The van der Waals surface area contributed by atoms with E-state index in [1.807, 2.05) is 0 Å². The van der Waals surface area contributed by atoms with Gasteiger partial charge in [-0.1, -0.05) is 123 Å². The molecule has 0 N–H and O–H groups in total. The molecule has 0 heterocycles. The van der Waals surface area contributed by atoms with E-state index >= 15 is 0 Å². The van der Waals surface area contributed by atoms with Gasteiger partial charge in [0.15, 0.2) is 0 Å². The zero-order valence-electron chi connectivity index (χ0n) is 28.5. The summed E-state index contributed by atoms with van der Waals surface area (Å²) < 4.78 is 0. The van der Waals surface area contributed by atoms with E-state index < -0.39 is 16.1 Å². The number of rotatable bonds is 8. The van der Waals surface area contributed by atoms with E-state index in [0.717, 1.165) is 6.04 Å². The van der Waals surface area contributed by atoms with Gasteiger partial charge in [-0.2, -0.15) is 49.3 Å². The molecule has 0 spiro atoms. The van der Waals surface area contributed by atoms with Crippen LogP contribution in [0.5, 0.6) is 0 Å². The summed E-state index contributed by atoms with van der Waals surface area (Å²) in [5.74, 6) is 0. The largest absolute Gasteiger partial charge is 0.676 e. The van der Waals surface area contributed by atoms with Crippen LogP contribution in [0.25, 0.3) is 10.6 Å². The molecule has 0 radical (unpaired) electrons. The molecule has 0 unspecified atom stereocenters. The third kappa shape index (κ3) is 10.5. The van der Waals surface area contributed by atoms with E-state index in [-0.39, 0.29) is 52.1 Å². The second kappa shape index (κ2) is 16.5. The van der Waals surface area contributed by atoms with E-state index in [9.17, 15) is 0 Å². The second-order valence-electron chi connectivity index (χ2n) is 12.7. The van der Waals surface area contributed by atoms with Crippen LogP contribution in [-0.4, -0.2) is 34.4 Å². The van der Waals surface area contributed by atoms with Gasteiger partial charge in [0, 0.05) is 31.1 Å². The van der Waals surface area contributed by atoms with Crippen molar-refractivity contribution in [3.63, 3.8) is 0 Å². The van der Waals surface area contributed by atoms with Crippen LogP contribution >= 0.6 is 0 Å². The zero-order chi connectivity index (χ0) is 27.6. The van der Waals surface area contributed by atoms with Crippen molar-refractivity contribution in [1.29, 1.82) is 0 Å². The van der Waals surface area contributed by atoms with E-state index in [2.05, 4.69) is 116 Å². The smallest absolute Gasteiger partial charge is 0.0510 e. The van der Waals surface area contributed by atoms with Crippen LogP contribution in [-0.2, 0) is 0 Å². The van der Waals surface area contributed by atoms with Crippen LogP contribution in [0, 0.1) is 108 Å². The molecule has 0 bridgehead atoms. The minimum atomic E-state index is -1.56. The predicted molar refractivity (Wildman–Crippen MR) is 180 cm³/mol. The average molecular weight is 780 g/mol. The fourth-order valence-corrected chi connectivity index (χ4v) is 12.0. The normalized spacial score (nSPS) is 11.7. The molecule has 2 aromatic carbocycles. The Morgan fingerprint density at radius 3 is 1.18 bits per heavy atom. The van der Waals surface area contributed by atoms with E-state index in [1.165, 1.54) is 44.5 Å². The third-order valence-corrected chi connectivity index (χ3v) is 13.5. The molecule has 38 heavy (non-hydrogen) atoms. The van der Waals surface area contributed by atoms with Gasteiger partial charge in [-0.15, -0.1) is 12.1 Å².